The molecule has 0 aromatic heterocycles. The number of nitrogens with one attached hydrogen (secondary N) is 1. The van der Waals surface area contributed by atoms with Gasteiger partial charge in [0.15, 0.2) is 0 Å². The van der Waals surface area contributed by atoms with Crippen LogP contribution in [-0.4, -0.2) is 19.8 Å². The van der Waals surface area contributed by atoms with Crippen molar-refractivity contribution in [3.8, 4) is 0 Å². The number of methoxy groups -OCH3 is 1. The summed E-state index contributed by atoms with van der Waals surface area (Å²) in [6.45, 7) is 2.83. The highest BCUT2D eigenvalue weighted by Crippen LogP contribution is 2.21. The predicted molar refractivity (Wildman–Crippen MR) is 74.6 cm³/mol. The first-order valence-electron chi connectivity index (χ1n) is 5.95. The van der Waals surface area contributed by atoms with Gasteiger partial charge in [-0.1, -0.05) is 28.9 Å². The molecule has 2 unspecified atom stereocenters. The van der Waals surface area contributed by atoms with Crippen LogP contribution in [0.15, 0.2) is 22.7 Å². The van der Waals surface area contributed by atoms with Gasteiger partial charge in [0.1, 0.15) is 5.82 Å². The minimum Gasteiger partial charge on any atom is -0.384 e. The fourth-order valence-electron chi connectivity index (χ4n) is 2.00. The van der Waals surface area contributed by atoms with Crippen LogP contribution in [0.3, 0.4) is 0 Å². The van der Waals surface area contributed by atoms with Crippen molar-refractivity contribution in [1.82, 2.24) is 5.43 Å². The molecule has 0 spiro atoms. The van der Waals surface area contributed by atoms with E-state index in [9.17, 15) is 4.39 Å². The Labute approximate surface area is 116 Å². The molecule has 5 heteroatoms. The molecule has 0 heterocycles. The maximum absolute atomic E-state index is 13.0. The summed E-state index contributed by atoms with van der Waals surface area (Å²) < 4.78 is 18.9. The van der Waals surface area contributed by atoms with Crippen LogP contribution in [-0.2, 0) is 11.2 Å². The summed E-state index contributed by atoms with van der Waals surface area (Å²) in [5, 5.41) is 0. The monoisotopic (exact) mass is 318 g/mol. The molecular formula is C13H20BrFN2O. The van der Waals surface area contributed by atoms with E-state index in [4.69, 9.17) is 10.6 Å². The molecule has 1 rings (SSSR count). The van der Waals surface area contributed by atoms with E-state index in [2.05, 4.69) is 28.3 Å². The van der Waals surface area contributed by atoms with E-state index in [-0.39, 0.29) is 11.9 Å². The third-order valence-electron chi connectivity index (χ3n) is 2.86. The second kappa shape index (κ2) is 7.84. The van der Waals surface area contributed by atoms with Crippen molar-refractivity contribution in [2.75, 3.05) is 13.7 Å². The van der Waals surface area contributed by atoms with Crippen molar-refractivity contribution in [1.29, 1.82) is 0 Å². The number of hydrazine groups is 1. The van der Waals surface area contributed by atoms with Crippen molar-refractivity contribution in [2.24, 2.45) is 11.8 Å². The molecular weight excluding hydrogens is 299 g/mol. The first kappa shape index (κ1) is 15.6. The van der Waals surface area contributed by atoms with E-state index in [0.29, 0.717) is 12.5 Å². The Morgan fingerprint density at radius 1 is 1.50 bits per heavy atom. The summed E-state index contributed by atoms with van der Waals surface area (Å²) in [4.78, 5) is 0. The standard InChI is InChI=1S/C13H20BrFN2O/c1-9(8-18-2)5-12(17-16)6-10-3-4-11(15)7-13(10)14/h3-4,7,9,12,17H,5-6,8,16H2,1-2H3. The number of rotatable bonds is 7. The largest absolute Gasteiger partial charge is 0.384 e. The van der Waals surface area contributed by atoms with Gasteiger partial charge < -0.3 is 4.74 Å². The average Bonchev–Trinajstić information content (AvgIpc) is 2.31. The molecule has 2 atom stereocenters. The highest BCUT2D eigenvalue weighted by Gasteiger charge is 2.14. The smallest absolute Gasteiger partial charge is 0.124 e. The van der Waals surface area contributed by atoms with Gasteiger partial charge in [-0.25, -0.2) is 4.39 Å². The van der Waals surface area contributed by atoms with Gasteiger partial charge in [-0.05, 0) is 36.5 Å². The molecule has 0 bridgehead atoms. The van der Waals surface area contributed by atoms with Crippen LogP contribution < -0.4 is 11.3 Å². The Morgan fingerprint density at radius 2 is 2.22 bits per heavy atom. The first-order valence-corrected chi connectivity index (χ1v) is 6.75. The summed E-state index contributed by atoms with van der Waals surface area (Å²) in [6.07, 6.45) is 1.67. The molecule has 18 heavy (non-hydrogen) atoms. The first-order chi connectivity index (χ1) is 8.56. The minimum absolute atomic E-state index is 0.150. The molecule has 0 fully saturated rings. The quantitative estimate of drug-likeness (QED) is 0.600. The van der Waals surface area contributed by atoms with Crippen LogP contribution in [0.4, 0.5) is 4.39 Å². The molecule has 0 saturated carbocycles. The van der Waals surface area contributed by atoms with E-state index in [1.165, 1.54) is 12.1 Å². The number of halogens is 2. The van der Waals surface area contributed by atoms with E-state index in [0.717, 1.165) is 22.9 Å². The predicted octanol–water partition coefficient (Wildman–Crippen LogP) is 2.64. The lowest BCUT2D eigenvalue weighted by Crippen LogP contribution is -2.38. The lowest BCUT2D eigenvalue weighted by Gasteiger charge is -2.20. The normalized spacial score (nSPS) is 14.5. The van der Waals surface area contributed by atoms with Crippen LogP contribution in [0.25, 0.3) is 0 Å². The van der Waals surface area contributed by atoms with E-state index >= 15 is 0 Å². The van der Waals surface area contributed by atoms with Gasteiger partial charge >= 0.3 is 0 Å². The zero-order valence-corrected chi connectivity index (χ0v) is 12.3. The van der Waals surface area contributed by atoms with Crippen LogP contribution >= 0.6 is 15.9 Å². The molecule has 0 saturated heterocycles. The summed E-state index contributed by atoms with van der Waals surface area (Å²) >= 11 is 3.37. The van der Waals surface area contributed by atoms with Crippen molar-refractivity contribution < 1.29 is 9.13 Å². The van der Waals surface area contributed by atoms with Gasteiger partial charge in [0, 0.05) is 24.2 Å². The molecule has 102 valence electrons. The summed E-state index contributed by atoms with van der Waals surface area (Å²) in [7, 11) is 1.69. The molecule has 3 N–H and O–H groups in total. The summed E-state index contributed by atoms with van der Waals surface area (Å²) in [5.41, 5.74) is 3.86. The van der Waals surface area contributed by atoms with E-state index < -0.39 is 0 Å². The zero-order chi connectivity index (χ0) is 13.5. The van der Waals surface area contributed by atoms with Crippen LogP contribution in [0.5, 0.6) is 0 Å². The molecule has 3 nitrogen and oxygen atoms in total. The lowest BCUT2D eigenvalue weighted by atomic mass is 9.97. The molecule has 0 aliphatic carbocycles. The molecule has 0 aliphatic heterocycles. The van der Waals surface area contributed by atoms with Gasteiger partial charge in [0.2, 0.25) is 0 Å². The highest BCUT2D eigenvalue weighted by atomic mass is 79.9. The SMILES string of the molecule is COCC(C)CC(Cc1ccc(F)cc1Br)NN. The van der Waals surface area contributed by atoms with Crippen LogP contribution in [0.1, 0.15) is 18.9 Å². The summed E-state index contributed by atoms with van der Waals surface area (Å²) in [5.74, 6) is 5.75. The van der Waals surface area contributed by atoms with Crippen LogP contribution in [0, 0.1) is 11.7 Å². The Balaban J connectivity index is 2.62. The number of nitrogens with two attached hydrogens (primary N) is 1. The second-order valence-electron chi connectivity index (χ2n) is 4.60. The maximum Gasteiger partial charge on any atom is 0.124 e. The van der Waals surface area contributed by atoms with Crippen molar-refractivity contribution in [2.45, 2.75) is 25.8 Å². The van der Waals surface area contributed by atoms with Crippen molar-refractivity contribution in [3.63, 3.8) is 0 Å². The molecule has 1 aromatic rings. The molecule has 1 aromatic carbocycles. The highest BCUT2D eigenvalue weighted by molar-refractivity contribution is 9.10. The van der Waals surface area contributed by atoms with E-state index in [1.807, 2.05) is 0 Å². The fourth-order valence-corrected chi connectivity index (χ4v) is 2.51. The number of benzene rings is 1. The molecule has 0 aliphatic rings. The van der Waals surface area contributed by atoms with Gasteiger partial charge in [-0.2, -0.15) is 0 Å². The molecule has 0 amide bonds. The topological polar surface area (TPSA) is 47.3 Å². The Hall–Kier alpha value is -0.490. The summed E-state index contributed by atoms with van der Waals surface area (Å²) in [6, 6.07) is 4.87. The van der Waals surface area contributed by atoms with Gasteiger partial charge in [-0.3, -0.25) is 11.3 Å². The molecule has 0 radical (unpaired) electrons. The number of ether oxygens (including phenoxy) is 1. The Morgan fingerprint density at radius 3 is 2.78 bits per heavy atom. The zero-order valence-electron chi connectivity index (χ0n) is 10.7. The third-order valence-corrected chi connectivity index (χ3v) is 3.59. The Bertz CT molecular complexity index is 376. The average molecular weight is 319 g/mol. The third kappa shape index (κ3) is 5.02. The minimum atomic E-state index is -0.240. The fraction of sp³-hybridized carbons (Fsp3) is 0.538. The van der Waals surface area contributed by atoms with Gasteiger partial charge in [-0.15, -0.1) is 0 Å². The Kier molecular flexibility index (Phi) is 6.78. The number of hydrogen-bond acceptors (Lipinski definition) is 3. The van der Waals surface area contributed by atoms with E-state index in [1.54, 1.807) is 13.2 Å². The van der Waals surface area contributed by atoms with Crippen molar-refractivity contribution in [3.05, 3.63) is 34.1 Å². The maximum atomic E-state index is 13.0. The number of hydrogen-bond donors (Lipinski definition) is 2. The lowest BCUT2D eigenvalue weighted by molar-refractivity contribution is 0.149. The van der Waals surface area contributed by atoms with Gasteiger partial charge in [0.25, 0.3) is 0 Å². The second-order valence-corrected chi connectivity index (χ2v) is 5.45. The van der Waals surface area contributed by atoms with Crippen LogP contribution in [0.2, 0.25) is 0 Å². The van der Waals surface area contributed by atoms with Gasteiger partial charge in [0.05, 0.1) is 0 Å². The van der Waals surface area contributed by atoms with Crippen molar-refractivity contribution >= 4 is 15.9 Å².